The minimum atomic E-state index is -1.76. The number of aliphatic hydroxyl groups is 1. The van der Waals surface area contributed by atoms with Gasteiger partial charge in [-0.1, -0.05) is 19.1 Å². The second-order valence-corrected chi connectivity index (χ2v) is 4.24. The summed E-state index contributed by atoms with van der Waals surface area (Å²) in [7, 11) is 0. The molecule has 0 saturated carbocycles. The maximum atomic E-state index is 12.7. The molecule has 0 aliphatic heterocycles. The lowest BCUT2D eigenvalue weighted by Crippen LogP contribution is -2.36. The van der Waals surface area contributed by atoms with Gasteiger partial charge < -0.3 is 10.2 Å². The van der Waals surface area contributed by atoms with Crippen LogP contribution in [0.2, 0.25) is 0 Å². The Kier molecular flexibility index (Phi) is 3.65. The third-order valence-electron chi connectivity index (χ3n) is 2.60. The molecule has 1 aromatic rings. The molecular weight excluding hydrogens is 211 g/mol. The van der Waals surface area contributed by atoms with Gasteiger partial charge in [-0.15, -0.1) is 0 Å². The highest BCUT2D eigenvalue weighted by Gasteiger charge is 2.32. The highest BCUT2D eigenvalue weighted by atomic mass is 19.1. The zero-order valence-electron chi connectivity index (χ0n) is 9.27. The Morgan fingerprint density at radius 3 is 2.38 bits per heavy atom. The molecule has 88 valence electrons. The van der Waals surface area contributed by atoms with Crippen molar-refractivity contribution in [2.45, 2.75) is 31.8 Å². The molecule has 2 atom stereocenters. The zero-order chi connectivity index (χ0) is 12.3. The molecule has 0 aromatic heterocycles. The summed E-state index contributed by atoms with van der Waals surface area (Å²) in [6.07, 6.45) is 0.0912. The standard InChI is InChI=1S/C12H15FO3/c1-8(7-12(2,16)11(14)15)9-3-5-10(13)6-4-9/h3-6,8,16H,7H2,1-2H3,(H,14,15). The van der Waals surface area contributed by atoms with E-state index in [1.54, 1.807) is 19.1 Å². The molecule has 1 aromatic carbocycles. The van der Waals surface area contributed by atoms with Crippen molar-refractivity contribution >= 4 is 5.97 Å². The Bertz CT molecular complexity index is 370. The highest BCUT2D eigenvalue weighted by molar-refractivity contribution is 5.76. The molecule has 16 heavy (non-hydrogen) atoms. The summed E-state index contributed by atoms with van der Waals surface area (Å²) in [5.41, 5.74) is -0.948. The normalized spacial score (nSPS) is 16.5. The molecule has 0 amide bonds. The number of aliphatic carboxylic acids is 1. The van der Waals surface area contributed by atoms with Gasteiger partial charge in [0.15, 0.2) is 5.60 Å². The van der Waals surface area contributed by atoms with Gasteiger partial charge in [0.25, 0.3) is 0 Å². The molecule has 0 spiro atoms. The van der Waals surface area contributed by atoms with E-state index < -0.39 is 11.6 Å². The molecule has 0 heterocycles. The lowest BCUT2D eigenvalue weighted by Gasteiger charge is -2.22. The van der Waals surface area contributed by atoms with Crippen molar-refractivity contribution in [2.75, 3.05) is 0 Å². The Morgan fingerprint density at radius 2 is 1.94 bits per heavy atom. The summed E-state index contributed by atoms with van der Waals surface area (Å²) in [6.45, 7) is 3.06. The van der Waals surface area contributed by atoms with Crippen LogP contribution < -0.4 is 0 Å². The largest absolute Gasteiger partial charge is 0.479 e. The van der Waals surface area contributed by atoms with E-state index in [-0.39, 0.29) is 18.2 Å². The van der Waals surface area contributed by atoms with Crippen LogP contribution in [0.3, 0.4) is 0 Å². The van der Waals surface area contributed by atoms with Crippen molar-refractivity contribution in [3.05, 3.63) is 35.6 Å². The van der Waals surface area contributed by atoms with Crippen LogP contribution in [0.4, 0.5) is 4.39 Å². The number of carbonyl (C=O) groups is 1. The van der Waals surface area contributed by atoms with Crippen molar-refractivity contribution in [3.63, 3.8) is 0 Å². The van der Waals surface area contributed by atoms with E-state index in [1.165, 1.54) is 19.1 Å². The molecule has 4 heteroatoms. The van der Waals surface area contributed by atoms with Crippen LogP contribution in [0, 0.1) is 5.82 Å². The van der Waals surface area contributed by atoms with Gasteiger partial charge >= 0.3 is 5.97 Å². The smallest absolute Gasteiger partial charge is 0.335 e. The molecule has 2 unspecified atom stereocenters. The van der Waals surface area contributed by atoms with Crippen LogP contribution in [0.15, 0.2) is 24.3 Å². The van der Waals surface area contributed by atoms with Gasteiger partial charge in [0.2, 0.25) is 0 Å². The molecule has 2 N–H and O–H groups in total. The topological polar surface area (TPSA) is 57.5 Å². The molecule has 3 nitrogen and oxygen atoms in total. The van der Waals surface area contributed by atoms with Gasteiger partial charge in [-0.05, 0) is 37.0 Å². The first kappa shape index (κ1) is 12.6. The van der Waals surface area contributed by atoms with Gasteiger partial charge in [0.05, 0.1) is 0 Å². The molecular formula is C12H15FO3. The Labute approximate surface area is 93.5 Å². The monoisotopic (exact) mass is 226 g/mol. The number of hydrogen-bond donors (Lipinski definition) is 2. The first-order valence-corrected chi connectivity index (χ1v) is 5.04. The molecule has 0 aliphatic carbocycles. The van der Waals surface area contributed by atoms with Gasteiger partial charge in [-0.3, -0.25) is 0 Å². The maximum Gasteiger partial charge on any atom is 0.335 e. The van der Waals surface area contributed by atoms with Crippen molar-refractivity contribution in [3.8, 4) is 0 Å². The average molecular weight is 226 g/mol. The van der Waals surface area contributed by atoms with Gasteiger partial charge in [-0.25, -0.2) is 9.18 Å². The van der Waals surface area contributed by atoms with E-state index in [1.807, 2.05) is 0 Å². The number of halogens is 1. The minimum Gasteiger partial charge on any atom is -0.479 e. The van der Waals surface area contributed by atoms with Crippen LogP contribution in [0.25, 0.3) is 0 Å². The van der Waals surface area contributed by atoms with Gasteiger partial charge in [0, 0.05) is 0 Å². The fourth-order valence-electron chi connectivity index (χ4n) is 1.59. The predicted molar refractivity (Wildman–Crippen MR) is 57.7 cm³/mol. The molecule has 0 aliphatic rings. The van der Waals surface area contributed by atoms with Crippen LogP contribution in [0.1, 0.15) is 31.7 Å². The van der Waals surface area contributed by atoms with Crippen LogP contribution in [-0.4, -0.2) is 21.8 Å². The Hall–Kier alpha value is -1.42. The van der Waals surface area contributed by atoms with E-state index in [9.17, 15) is 14.3 Å². The molecule has 0 saturated heterocycles. The lowest BCUT2D eigenvalue weighted by atomic mass is 9.88. The number of carboxylic acids is 1. The first-order valence-electron chi connectivity index (χ1n) is 5.04. The first-order chi connectivity index (χ1) is 7.33. The number of carboxylic acid groups (broad SMARTS) is 1. The predicted octanol–water partition coefficient (Wildman–Crippen LogP) is 2.15. The summed E-state index contributed by atoms with van der Waals surface area (Å²) in [4.78, 5) is 10.7. The summed E-state index contributed by atoms with van der Waals surface area (Å²) < 4.78 is 12.7. The summed E-state index contributed by atoms with van der Waals surface area (Å²) in [6, 6.07) is 5.83. The van der Waals surface area contributed by atoms with Crippen LogP contribution >= 0.6 is 0 Å². The van der Waals surface area contributed by atoms with E-state index in [2.05, 4.69) is 0 Å². The second-order valence-electron chi connectivity index (χ2n) is 4.24. The second kappa shape index (κ2) is 4.61. The fraction of sp³-hybridized carbons (Fsp3) is 0.417. The number of benzene rings is 1. The van der Waals surface area contributed by atoms with E-state index in [4.69, 9.17) is 5.11 Å². The van der Waals surface area contributed by atoms with Crippen LogP contribution in [-0.2, 0) is 4.79 Å². The van der Waals surface area contributed by atoms with E-state index >= 15 is 0 Å². The summed E-state index contributed by atoms with van der Waals surface area (Å²) in [5, 5.41) is 18.4. The SMILES string of the molecule is CC(CC(C)(O)C(=O)O)c1ccc(F)cc1. The molecule has 1 rings (SSSR count). The number of rotatable bonds is 4. The van der Waals surface area contributed by atoms with Crippen molar-refractivity contribution < 1.29 is 19.4 Å². The minimum absolute atomic E-state index is 0.0912. The summed E-state index contributed by atoms with van der Waals surface area (Å²) >= 11 is 0. The van der Waals surface area contributed by atoms with Gasteiger partial charge in [0.1, 0.15) is 5.82 Å². The molecule has 0 fully saturated rings. The van der Waals surface area contributed by atoms with E-state index in [0.29, 0.717) is 0 Å². The average Bonchev–Trinajstić information content (AvgIpc) is 2.17. The Balaban J connectivity index is 2.76. The van der Waals surface area contributed by atoms with Crippen molar-refractivity contribution in [1.82, 2.24) is 0 Å². The van der Waals surface area contributed by atoms with E-state index in [0.717, 1.165) is 5.56 Å². The molecule has 0 radical (unpaired) electrons. The highest BCUT2D eigenvalue weighted by Crippen LogP contribution is 2.26. The number of hydrogen-bond acceptors (Lipinski definition) is 2. The Morgan fingerprint density at radius 1 is 1.44 bits per heavy atom. The molecule has 0 bridgehead atoms. The van der Waals surface area contributed by atoms with Crippen LogP contribution in [0.5, 0.6) is 0 Å². The lowest BCUT2D eigenvalue weighted by molar-refractivity contribution is -0.157. The van der Waals surface area contributed by atoms with Crippen molar-refractivity contribution in [1.29, 1.82) is 0 Å². The summed E-state index contributed by atoms with van der Waals surface area (Å²) in [5.74, 6) is -1.73. The zero-order valence-corrected chi connectivity index (χ0v) is 9.27. The third-order valence-corrected chi connectivity index (χ3v) is 2.60. The van der Waals surface area contributed by atoms with Gasteiger partial charge in [-0.2, -0.15) is 0 Å². The van der Waals surface area contributed by atoms with Crippen molar-refractivity contribution in [2.24, 2.45) is 0 Å². The maximum absolute atomic E-state index is 12.7. The third kappa shape index (κ3) is 3.03. The quantitative estimate of drug-likeness (QED) is 0.827. The fourth-order valence-corrected chi connectivity index (χ4v) is 1.59.